The molecule has 0 saturated carbocycles. The third-order valence-electron chi connectivity index (χ3n) is 3.65. The minimum atomic E-state index is 0. The highest BCUT2D eigenvalue weighted by atomic mass is 35.5. The van der Waals surface area contributed by atoms with Crippen LogP contribution in [0.3, 0.4) is 0 Å². The van der Waals surface area contributed by atoms with Crippen LogP contribution in [0.1, 0.15) is 30.1 Å². The van der Waals surface area contributed by atoms with Crippen LogP contribution >= 0.6 is 24.8 Å². The first-order chi connectivity index (χ1) is 9.63. The molecule has 1 aromatic heterocycles. The molecule has 1 unspecified atom stereocenters. The van der Waals surface area contributed by atoms with Crippen molar-refractivity contribution in [3.63, 3.8) is 0 Å². The lowest BCUT2D eigenvalue weighted by atomic mass is 10.1. The minimum absolute atomic E-state index is 0. The number of rotatable bonds is 5. The lowest BCUT2D eigenvalue weighted by Crippen LogP contribution is -2.42. The van der Waals surface area contributed by atoms with Crippen molar-refractivity contribution in [3.05, 3.63) is 23.9 Å². The second kappa shape index (κ2) is 9.87. The standard InChI is InChI=1S/C15H24N4O.2ClH/c1-4-9-19(13-7-8-16-11-13)15(20)12-5-6-14(17-10-12)18(2)3;;/h5-6,10,13,16H,4,7-9,11H2,1-3H3;2*1H. The summed E-state index contributed by atoms with van der Waals surface area (Å²) in [6.07, 6.45) is 3.70. The number of carbonyl (C=O) groups is 1. The number of pyridine rings is 1. The summed E-state index contributed by atoms with van der Waals surface area (Å²) in [7, 11) is 3.88. The van der Waals surface area contributed by atoms with E-state index in [4.69, 9.17) is 0 Å². The van der Waals surface area contributed by atoms with Crippen LogP contribution in [-0.4, -0.2) is 55.6 Å². The molecule has 1 fully saturated rings. The van der Waals surface area contributed by atoms with Crippen LogP contribution in [0.25, 0.3) is 0 Å². The van der Waals surface area contributed by atoms with Gasteiger partial charge in [0.1, 0.15) is 5.82 Å². The highest BCUT2D eigenvalue weighted by Crippen LogP contribution is 2.15. The van der Waals surface area contributed by atoms with E-state index in [2.05, 4.69) is 17.2 Å². The van der Waals surface area contributed by atoms with Crippen LogP contribution in [0, 0.1) is 0 Å². The van der Waals surface area contributed by atoms with Crippen molar-refractivity contribution in [1.82, 2.24) is 15.2 Å². The van der Waals surface area contributed by atoms with E-state index in [1.165, 1.54) is 0 Å². The summed E-state index contributed by atoms with van der Waals surface area (Å²) in [5.74, 6) is 0.962. The Labute approximate surface area is 145 Å². The molecule has 1 amide bonds. The molecule has 0 aromatic carbocycles. The Morgan fingerprint density at radius 1 is 1.36 bits per heavy atom. The van der Waals surface area contributed by atoms with Crippen molar-refractivity contribution in [3.8, 4) is 0 Å². The van der Waals surface area contributed by atoms with Crippen molar-refractivity contribution < 1.29 is 4.79 Å². The predicted octanol–water partition coefficient (Wildman–Crippen LogP) is 2.21. The van der Waals surface area contributed by atoms with Gasteiger partial charge in [0, 0.05) is 39.4 Å². The van der Waals surface area contributed by atoms with Crippen LogP contribution in [0.15, 0.2) is 18.3 Å². The van der Waals surface area contributed by atoms with Crippen LogP contribution in [0.5, 0.6) is 0 Å². The van der Waals surface area contributed by atoms with E-state index in [0.29, 0.717) is 11.6 Å². The van der Waals surface area contributed by atoms with Crippen LogP contribution in [0.4, 0.5) is 5.82 Å². The third-order valence-corrected chi connectivity index (χ3v) is 3.65. The van der Waals surface area contributed by atoms with Crippen molar-refractivity contribution in [1.29, 1.82) is 0 Å². The van der Waals surface area contributed by atoms with Gasteiger partial charge in [-0.05, 0) is 31.5 Å². The number of nitrogens with one attached hydrogen (secondary N) is 1. The highest BCUT2D eigenvalue weighted by molar-refractivity contribution is 5.94. The van der Waals surface area contributed by atoms with Gasteiger partial charge in [-0.3, -0.25) is 4.79 Å². The molecule has 0 aliphatic carbocycles. The fraction of sp³-hybridized carbons (Fsp3) is 0.600. The molecule has 22 heavy (non-hydrogen) atoms. The van der Waals surface area contributed by atoms with E-state index in [0.717, 1.165) is 38.3 Å². The Morgan fingerprint density at radius 3 is 2.55 bits per heavy atom. The molecule has 1 aliphatic heterocycles. The molecule has 126 valence electrons. The Hall–Kier alpha value is -1.04. The topological polar surface area (TPSA) is 48.5 Å². The summed E-state index contributed by atoms with van der Waals surface area (Å²) in [6.45, 7) is 4.81. The Kier molecular flexibility index (Phi) is 9.41. The predicted molar refractivity (Wildman–Crippen MR) is 95.7 cm³/mol. The second-order valence-corrected chi connectivity index (χ2v) is 5.44. The Bertz CT molecular complexity index is 447. The Morgan fingerprint density at radius 2 is 2.09 bits per heavy atom. The van der Waals surface area contributed by atoms with Crippen molar-refractivity contribution >= 4 is 36.5 Å². The molecule has 1 aromatic rings. The molecular formula is C15H26Cl2N4O. The molecule has 1 atom stereocenters. The number of amides is 1. The zero-order valence-electron chi connectivity index (χ0n) is 13.4. The molecule has 2 heterocycles. The molecule has 5 nitrogen and oxygen atoms in total. The molecular weight excluding hydrogens is 323 g/mol. The summed E-state index contributed by atoms with van der Waals surface area (Å²) >= 11 is 0. The van der Waals surface area contributed by atoms with Gasteiger partial charge in [-0.25, -0.2) is 4.98 Å². The molecule has 1 N–H and O–H groups in total. The van der Waals surface area contributed by atoms with Gasteiger partial charge >= 0.3 is 0 Å². The van der Waals surface area contributed by atoms with E-state index in [9.17, 15) is 4.79 Å². The van der Waals surface area contributed by atoms with Crippen LogP contribution < -0.4 is 10.2 Å². The van der Waals surface area contributed by atoms with Gasteiger partial charge in [-0.1, -0.05) is 6.92 Å². The van der Waals surface area contributed by atoms with E-state index in [1.807, 2.05) is 36.0 Å². The van der Waals surface area contributed by atoms with Crippen molar-refractivity contribution in [2.45, 2.75) is 25.8 Å². The first kappa shape index (κ1) is 21.0. The molecule has 0 radical (unpaired) electrons. The number of hydrogen-bond donors (Lipinski definition) is 1. The van der Waals surface area contributed by atoms with Gasteiger partial charge in [0.2, 0.25) is 0 Å². The highest BCUT2D eigenvalue weighted by Gasteiger charge is 2.26. The monoisotopic (exact) mass is 348 g/mol. The zero-order chi connectivity index (χ0) is 14.5. The number of hydrogen-bond acceptors (Lipinski definition) is 4. The SMILES string of the molecule is CCCN(C(=O)c1ccc(N(C)C)nc1)C1CCNC1.Cl.Cl. The lowest BCUT2D eigenvalue weighted by molar-refractivity contribution is 0.0692. The first-order valence-corrected chi connectivity index (χ1v) is 7.28. The minimum Gasteiger partial charge on any atom is -0.363 e. The first-order valence-electron chi connectivity index (χ1n) is 7.28. The number of halogens is 2. The summed E-state index contributed by atoms with van der Waals surface area (Å²) < 4.78 is 0. The van der Waals surface area contributed by atoms with Gasteiger partial charge in [-0.2, -0.15) is 0 Å². The van der Waals surface area contributed by atoms with E-state index in [-0.39, 0.29) is 30.7 Å². The maximum absolute atomic E-state index is 12.6. The van der Waals surface area contributed by atoms with Gasteiger partial charge in [0.05, 0.1) is 5.56 Å². The normalized spacial score (nSPS) is 16.4. The van der Waals surface area contributed by atoms with E-state index < -0.39 is 0 Å². The molecule has 1 aliphatic rings. The lowest BCUT2D eigenvalue weighted by Gasteiger charge is -2.28. The summed E-state index contributed by atoms with van der Waals surface area (Å²) in [5, 5.41) is 3.33. The van der Waals surface area contributed by atoms with Gasteiger partial charge in [0.15, 0.2) is 0 Å². The number of nitrogens with zero attached hydrogens (tertiary/aromatic N) is 3. The molecule has 7 heteroatoms. The summed E-state index contributed by atoms with van der Waals surface area (Å²) in [6, 6.07) is 4.08. The molecule has 2 rings (SSSR count). The summed E-state index contributed by atoms with van der Waals surface area (Å²) in [4.78, 5) is 20.9. The molecule has 1 saturated heterocycles. The maximum atomic E-state index is 12.6. The quantitative estimate of drug-likeness (QED) is 0.886. The van der Waals surface area contributed by atoms with E-state index >= 15 is 0 Å². The average Bonchev–Trinajstić information content (AvgIpc) is 2.98. The smallest absolute Gasteiger partial charge is 0.255 e. The van der Waals surface area contributed by atoms with Gasteiger partial charge in [0.25, 0.3) is 5.91 Å². The van der Waals surface area contributed by atoms with Crippen molar-refractivity contribution in [2.24, 2.45) is 0 Å². The fourth-order valence-electron chi connectivity index (χ4n) is 2.54. The van der Waals surface area contributed by atoms with Gasteiger partial charge < -0.3 is 15.1 Å². The second-order valence-electron chi connectivity index (χ2n) is 5.44. The van der Waals surface area contributed by atoms with Crippen LogP contribution in [-0.2, 0) is 0 Å². The number of aromatic nitrogens is 1. The molecule has 0 spiro atoms. The number of carbonyl (C=O) groups excluding carboxylic acids is 1. The molecule has 0 bridgehead atoms. The number of anilines is 1. The fourth-order valence-corrected chi connectivity index (χ4v) is 2.54. The van der Waals surface area contributed by atoms with Crippen LogP contribution in [0.2, 0.25) is 0 Å². The maximum Gasteiger partial charge on any atom is 0.255 e. The van der Waals surface area contributed by atoms with Gasteiger partial charge in [-0.15, -0.1) is 24.8 Å². The summed E-state index contributed by atoms with van der Waals surface area (Å²) in [5.41, 5.74) is 0.677. The largest absolute Gasteiger partial charge is 0.363 e. The third kappa shape index (κ3) is 5.00. The average molecular weight is 349 g/mol. The Balaban J connectivity index is 0.00000220. The zero-order valence-corrected chi connectivity index (χ0v) is 15.0. The van der Waals surface area contributed by atoms with E-state index in [1.54, 1.807) is 6.20 Å². The van der Waals surface area contributed by atoms with Crippen molar-refractivity contribution in [2.75, 3.05) is 38.6 Å².